The lowest BCUT2D eigenvalue weighted by Gasteiger charge is -2.09. The second-order valence-corrected chi connectivity index (χ2v) is 7.36. The molecular weight excluding hydrogens is 452 g/mol. The van der Waals surface area contributed by atoms with Crippen LogP contribution in [0.15, 0.2) is 41.3 Å². The first-order chi connectivity index (χ1) is 11.0. The van der Waals surface area contributed by atoms with Gasteiger partial charge in [-0.3, -0.25) is 4.79 Å². The number of carbonyl (C=O) groups excluding carboxylic acids is 1. The van der Waals surface area contributed by atoms with Gasteiger partial charge in [-0.05, 0) is 65.4 Å². The van der Waals surface area contributed by atoms with Crippen molar-refractivity contribution in [2.24, 2.45) is 0 Å². The lowest BCUT2D eigenvalue weighted by atomic mass is 10.2. The van der Waals surface area contributed by atoms with Crippen LogP contribution < -0.4 is 5.32 Å². The van der Waals surface area contributed by atoms with Crippen molar-refractivity contribution in [2.75, 3.05) is 17.7 Å². The number of halogens is 3. The number of aliphatic hydroxyl groups is 1. The Hall–Kier alpha value is -0.830. The first-order valence-electron chi connectivity index (χ1n) is 6.81. The van der Waals surface area contributed by atoms with E-state index in [2.05, 4.69) is 27.9 Å². The van der Waals surface area contributed by atoms with Crippen LogP contribution in [0.1, 0.15) is 16.8 Å². The Bertz CT molecular complexity index is 714. The fraction of sp³-hybridized carbons (Fsp3) is 0.188. The molecule has 7 heteroatoms. The van der Waals surface area contributed by atoms with E-state index >= 15 is 0 Å². The Morgan fingerprint density at radius 1 is 1.30 bits per heavy atom. The maximum Gasteiger partial charge on any atom is 0.255 e. The quantitative estimate of drug-likeness (QED) is 0.366. The number of anilines is 1. The molecule has 0 aliphatic carbocycles. The number of amides is 1. The van der Waals surface area contributed by atoms with Crippen molar-refractivity contribution < 1.29 is 14.3 Å². The van der Waals surface area contributed by atoms with Crippen LogP contribution in [0.2, 0.25) is 5.02 Å². The van der Waals surface area contributed by atoms with Crippen LogP contribution in [0.4, 0.5) is 10.1 Å². The fourth-order valence-corrected chi connectivity index (χ4v) is 3.67. The SMILES string of the molecule is O=C(Nc1ccc(F)c(Cl)c1)c1ccc(I)c(SCCCO)c1. The summed E-state index contributed by atoms with van der Waals surface area (Å²) < 4.78 is 14.2. The molecule has 0 aliphatic heterocycles. The second-order valence-electron chi connectivity index (χ2n) is 4.65. The maximum absolute atomic E-state index is 13.1. The van der Waals surface area contributed by atoms with Gasteiger partial charge in [-0.25, -0.2) is 4.39 Å². The minimum absolute atomic E-state index is 0.0364. The Kier molecular flexibility index (Phi) is 7.13. The predicted molar refractivity (Wildman–Crippen MR) is 101 cm³/mol. The molecule has 2 aromatic carbocycles. The summed E-state index contributed by atoms with van der Waals surface area (Å²) in [7, 11) is 0. The maximum atomic E-state index is 13.1. The van der Waals surface area contributed by atoms with Crippen molar-refractivity contribution in [1.82, 2.24) is 0 Å². The smallest absolute Gasteiger partial charge is 0.255 e. The average molecular weight is 466 g/mol. The normalized spacial score (nSPS) is 10.6. The molecule has 23 heavy (non-hydrogen) atoms. The summed E-state index contributed by atoms with van der Waals surface area (Å²) in [6, 6.07) is 9.46. The topological polar surface area (TPSA) is 49.3 Å². The van der Waals surface area contributed by atoms with E-state index in [4.69, 9.17) is 16.7 Å². The molecule has 0 aromatic heterocycles. The molecule has 0 saturated carbocycles. The van der Waals surface area contributed by atoms with Crippen LogP contribution in [0.3, 0.4) is 0 Å². The van der Waals surface area contributed by atoms with Gasteiger partial charge >= 0.3 is 0 Å². The van der Waals surface area contributed by atoms with Gasteiger partial charge in [0.15, 0.2) is 0 Å². The summed E-state index contributed by atoms with van der Waals surface area (Å²) in [6.45, 7) is 0.148. The molecular formula is C16H14ClFINO2S. The summed E-state index contributed by atoms with van der Waals surface area (Å²) in [5.74, 6) is -0.0277. The molecule has 0 aliphatic rings. The monoisotopic (exact) mass is 465 g/mol. The highest BCUT2D eigenvalue weighted by Crippen LogP contribution is 2.27. The third-order valence-corrected chi connectivity index (χ3v) is 5.67. The molecule has 1 amide bonds. The molecule has 0 fully saturated rings. The molecule has 0 spiro atoms. The lowest BCUT2D eigenvalue weighted by Crippen LogP contribution is -2.12. The van der Waals surface area contributed by atoms with E-state index in [9.17, 15) is 9.18 Å². The minimum Gasteiger partial charge on any atom is -0.396 e. The van der Waals surface area contributed by atoms with Crippen molar-refractivity contribution in [3.8, 4) is 0 Å². The van der Waals surface area contributed by atoms with E-state index < -0.39 is 5.82 Å². The van der Waals surface area contributed by atoms with E-state index in [-0.39, 0.29) is 17.5 Å². The minimum atomic E-state index is -0.526. The van der Waals surface area contributed by atoms with Gasteiger partial charge in [-0.2, -0.15) is 0 Å². The molecule has 122 valence electrons. The fourth-order valence-electron chi connectivity index (χ4n) is 1.78. The van der Waals surface area contributed by atoms with Crippen molar-refractivity contribution >= 4 is 57.5 Å². The highest BCUT2D eigenvalue weighted by atomic mass is 127. The zero-order chi connectivity index (χ0) is 16.8. The van der Waals surface area contributed by atoms with Crippen LogP contribution in [-0.4, -0.2) is 23.4 Å². The van der Waals surface area contributed by atoms with E-state index in [0.29, 0.717) is 17.7 Å². The number of hydrogen-bond donors (Lipinski definition) is 2. The van der Waals surface area contributed by atoms with Gasteiger partial charge in [-0.15, -0.1) is 11.8 Å². The molecule has 0 saturated heterocycles. The summed E-state index contributed by atoms with van der Waals surface area (Å²) in [5, 5.41) is 11.5. The molecule has 0 radical (unpaired) electrons. The lowest BCUT2D eigenvalue weighted by molar-refractivity contribution is 0.102. The summed E-state index contributed by atoms with van der Waals surface area (Å²) in [5.41, 5.74) is 0.951. The second kappa shape index (κ2) is 8.86. The van der Waals surface area contributed by atoms with Crippen molar-refractivity contribution in [2.45, 2.75) is 11.3 Å². The number of nitrogens with one attached hydrogen (secondary N) is 1. The average Bonchev–Trinajstić information content (AvgIpc) is 2.53. The molecule has 2 rings (SSSR count). The highest BCUT2D eigenvalue weighted by molar-refractivity contribution is 14.1. The first-order valence-corrected chi connectivity index (χ1v) is 9.25. The van der Waals surface area contributed by atoms with Crippen LogP contribution in [0.25, 0.3) is 0 Å². The third-order valence-electron chi connectivity index (χ3n) is 2.93. The van der Waals surface area contributed by atoms with Gasteiger partial charge in [0, 0.05) is 32.1 Å². The van der Waals surface area contributed by atoms with Crippen molar-refractivity contribution in [1.29, 1.82) is 0 Å². The molecule has 0 unspecified atom stereocenters. The summed E-state index contributed by atoms with van der Waals surface area (Å²) >= 11 is 9.51. The van der Waals surface area contributed by atoms with E-state index in [1.54, 1.807) is 17.8 Å². The van der Waals surface area contributed by atoms with Crippen LogP contribution in [0, 0.1) is 9.39 Å². The highest BCUT2D eigenvalue weighted by Gasteiger charge is 2.10. The van der Waals surface area contributed by atoms with E-state index in [1.807, 2.05) is 12.1 Å². The molecule has 0 bridgehead atoms. The zero-order valence-electron chi connectivity index (χ0n) is 12.0. The van der Waals surface area contributed by atoms with Gasteiger partial charge in [0.05, 0.1) is 5.02 Å². The molecule has 2 N–H and O–H groups in total. The summed E-state index contributed by atoms with van der Waals surface area (Å²) in [6.07, 6.45) is 0.700. The van der Waals surface area contributed by atoms with E-state index in [1.165, 1.54) is 18.2 Å². The Morgan fingerprint density at radius 2 is 2.09 bits per heavy atom. The van der Waals surface area contributed by atoms with Crippen molar-refractivity contribution in [3.63, 3.8) is 0 Å². The molecule has 0 heterocycles. The third kappa shape index (κ3) is 5.34. The zero-order valence-corrected chi connectivity index (χ0v) is 15.7. The molecule has 0 atom stereocenters. The largest absolute Gasteiger partial charge is 0.396 e. The Balaban J connectivity index is 2.12. The van der Waals surface area contributed by atoms with Gasteiger partial charge in [0.1, 0.15) is 5.82 Å². The molecule has 3 nitrogen and oxygen atoms in total. The van der Waals surface area contributed by atoms with Crippen LogP contribution >= 0.6 is 46.0 Å². The number of rotatable bonds is 6. The number of aliphatic hydroxyl groups excluding tert-OH is 1. The van der Waals surface area contributed by atoms with Gasteiger partial charge in [0.25, 0.3) is 5.91 Å². The van der Waals surface area contributed by atoms with Gasteiger partial charge in [-0.1, -0.05) is 11.6 Å². The number of hydrogen-bond acceptors (Lipinski definition) is 3. The predicted octanol–water partition coefficient (Wildman–Crippen LogP) is 4.81. The number of benzene rings is 2. The first kappa shape index (κ1) is 18.5. The standard InChI is InChI=1S/C16H14ClFINO2S/c17-12-9-11(3-4-13(12)18)20-16(22)10-2-5-14(19)15(8-10)23-7-1-6-21/h2-5,8-9,21H,1,6-7H2,(H,20,22). The van der Waals surface area contributed by atoms with E-state index in [0.717, 1.165) is 14.2 Å². The van der Waals surface area contributed by atoms with Crippen LogP contribution in [-0.2, 0) is 0 Å². The van der Waals surface area contributed by atoms with Gasteiger partial charge in [0.2, 0.25) is 0 Å². The van der Waals surface area contributed by atoms with Gasteiger partial charge < -0.3 is 10.4 Å². The number of carbonyl (C=O) groups is 1. The Morgan fingerprint density at radius 3 is 2.78 bits per heavy atom. The van der Waals surface area contributed by atoms with Crippen molar-refractivity contribution in [3.05, 3.63) is 56.4 Å². The summed E-state index contributed by atoms with van der Waals surface area (Å²) in [4.78, 5) is 13.3. The van der Waals surface area contributed by atoms with Crippen LogP contribution in [0.5, 0.6) is 0 Å². The molecule has 2 aromatic rings. The Labute approximate surface area is 156 Å². The number of thioether (sulfide) groups is 1.